The Morgan fingerprint density at radius 3 is 3.00 bits per heavy atom. The van der Waals surface area contributed by atoms with E-state index < -0.39 is 17.7 Å². The van der Waals surface area contributed by atoms with E-state index in [0.29, 0.717) is 19.1 Å². The van der Waals surface area contributed by atoms with Crippen LogP contribution in [0.15, 0.2) is 18.2 Å². The topological polar surface area (TPSA) is 76.4 Å². The van der Waals surface area contributed by atoms with E-state index in [9.17, 15) is 18.7 Å². The van der Waals surface area contributed by atoms with E-state index in [1.165, 1.54) is 16.8 Å². The summed E-state index contributed by atoms with van der Waals surface area (Å²) in [5.41, 5.74) is 2.10. The number of aliphatic hydroxyl groups excluding tert-OH is 1. The predicted molar refractivity (Wildman–Crippen MR) is 95.3 cm³/mol. The summed E-state index contributed by atoms with van der Waals surface area (Å²) in [4.78, 5) is 12.9. The van der Waals surface area contributed by atoms with Crippen LogP contribution in [0.25, 0.3) is 5.69 Å². The van der Waals surface area contributed by atoms with Crippen molar-refractivity contribution in [2.24, 2.45) is 11.8 Å². The van der Waals surface area contributed by atoms with Gasteiger partial charge in [-0.15, -0.1) is 0 Å². The van der Waals surface area contributed by atoms with E-state index in [1.807, 2.05) is 0 Å². The molecule has 2 unspecified atom stereocenters. The van der Waals surface area contributed by atoms with Crippen molar-refractivity contribution < 1.29 is 23.4 Å². The first-order valence-electron chi connectivity index (χ1n) is 9.63. The molecule has 148 valence electrons. The van der Waals surface area contributed by atoms with Gasteiger partial charge < -0.3 is 15.2 Å². The molecule has 2 N–H and O–H groups in total. The molecule has 2 aromatic rings. The van der Waals surface area contributed by atoms with E-state index in [1.54, 1.807) is 0 Å². The van der Waals surface area contributed by atoms with Gasteiger partial charge >= 0.3 is 0 Å². The van der Waals surface area contributed by atoms with Crippen molar-refractivity contribution in [2.75, 3.05) is 19.8 Å². The fraction of sp³-hybridized carbons (Fsp3) is 0.500. The molecule has 6 nitrogen and oxygen atoms in total. The van der Waals surface area contributed by atoms with Crippen LogP contribution in [0.2, 0.25) is 0 Å². The standard InChI is InChI=1S/C20H21F2N3O3/c21-12-1-2-17(15(22)7-12)25-19-13-5-11(13)6-14(19)18(24-25)20(27)23-16(8-26)10-3-4-28-9-10/h1-2,7,10-11,13,16,26H,3-6,8-9H2,(H,23,27)/t10?,11-,13-,16?/m0/s1. The lowest BCUT2D eigenvalue weighted by Gasteiger charge is -2.21. The van der Waals surface area contributed by atoms with Gasteiger partial charge in [0, 0.05) is 30.1 Å². The molecule has 4 atom stereocenters. The van der Waals surface area contributed by atoms with Crippen LogP contribution in [0.3, 0.4) is 0 Å². The van der Waals surface area contributed by atoms with Crippen LogP contribution >= 0.6 is 0 Å². The number of fused-ring (bicyclic) bond motifs is 3. The number of aromatic nitrogens is 2. The second-order valence-corrected chi connectivity index (χ2v) is 7.91. The lowest BCUT2D eigenvalue weighted by atomic mass is 9.99. The number of amides is 1. The number of ether oxygens (including phenoxy) is 1. The smallest absolute Gasteiger partial charge is 0.272 e. The van der Waals surface area contributed by atoms with Crippen LogP contribution in [-0.4, -0.2) is 46.7 Å². The Morgan fingerprint density at radius 1 is 1.43 bits per heavy atom. The zero-order chi connectivity index (χ0) is 19.4. The number of benzene rings is 1. The summed E-state index contributed by atoms with van der Waals surface area (Å²) in [7, 11) is 0. The van der Waals surface area contributed by atoms with Gasteiger partial charge in [-0.05, 0) is 37.3 Å². The van der Waals surface area contributed by atoms with E-state index in [2.05, 4.69) is 10.4 Å². The first-order chi connectivity index (χ1) is 13.6. The van der Waals surface area contributed by atoms with Crippen LogP contribution < -0.4 is 5.32 Å². The van der Waals surface area contributed by atoms with Gasteiger partial charge in [0.15, 0.2) is 11.5 Å². The second kappa shape index (κ2) is 6.63. The number of hydrogen-bond donors (Lipinski definition) is 2. The first kappa shape index (κ1) is 17.8. The first-order valence-corrected chi connectivity index (χ1v) is 9.63. The summed E-state index contributed by atoms with van der Waals surface area (Å²) in [6.07, 6.45) is 2.52. The molecular weight excluding hydrogens is 368 g/mol. The highest BCUT2D eigenvalue weighted by molar-refractivity contribution is 5.94. The fourth-order valence-corrected chi connectivity index (χ4v) is 4.55. The molecule has 3 aliphatic rings. The molecule has 1 saturated heterocycles. The maximum absolute atomic E-state index is 14.4. The molecular formula is C20H21F2N3O3. The number of rotatable bonds is 5. The molecule has 5 rings (SSSR count). The Hall–Kier alpha value is -2.32. The summed E-state index contributed by atoms with van der Waals surface area (Å²) < 4.78 is 34.5. The van der Waals surface area contributed by atoms with Crippen LogP contribution in [-0.2, 0) is 11.2 Å². The molecule has 0 radical (unpaired) electrons. The average molecular weight is 389 g/mol. The van der Waals surface area contributed by atoms with Crippen LogP contribution in [0.5, 0.6) is 0 Å². The number of carbonyl (C=O) groups is 1. The maximum Gasteiger partial charge on any atom is 0.272 e. The van der Waals surface area contributed by atoms with Gasteiger partial charge in [0.2, 0.25) is 0 Å². The van der Waals surface area contributed by atoms with Crippen molar-refractivity contribution in [1.82, 2.24) is 15.1 Å². The zero-order valence-electron chi connectivity index (χ0n) is 15.2. The average Bonchev–Trinajstić information content (AvgIpc) is 3.07. The monoisotopic (exact) mass is 389 g/mol. The lowest BCUT2D eigenvalue weighted by molar-refractivity contribution is 0.0871. The molecule has 1 amide bonds. The van der Waals surface area contributed by atoms with Gasteiger partial charge in [0.05, 0.1) is 24.9 Å². The molecule has 28 heavy (non-hydrogen) atoms. The van der Waals surface area contributed by atoms with Gasteiger partial charge in [-0.1, -0.05) is 0 Å². The lowest BCUT2D eigenvalue weighted by Crippen LogP contribution is -2.43. The van der Waals surface area contributed by atoms with Gasteiger partial charge in [-0.25, -0.2) is 13.5 Å². The van der Waals surface area contributed by atoms with Crippen molar-refractivity contribution in [2.45, 2.75) is 31.2 Å². The summed E-state index contributed by atoms with van der Waals surface area (Å²) in [6.45, 7) is 0.942. The molecule has 1 aromatic carbocycles. The van der Waals surface area contributed by atoms with Crippen molar-refractivity contribution in [1.29, 1.82) is 0 Å². The van der Waals surface area contributed by atoms with Crippen LogP contribution in [0.4, 0.5) is 8.78 Å². The normalized spacial score (nSPS) is 26.0. The molecule has 1 aromatic heterocycles. The van der Waals surface area contributed by atoms with E-state index in [0.717, 1.165) is 36.6 Å². The zero-order valence-corrected chi connectivity index (χ0v) is 15.2. The fourth-order valence-electron chi connectivity index (χ4n) is 4.55. The Labute approximate surface area is 160 Å². The van der Waals surface area contributed by atoms with Gasteiger partial charge in [0.1, 0.15) is 11.5 Å². The number of carbonyl (C=O) groups excluding carboxylic acids is 1. The minimum atomic E-state index is -0.710. The Balaban J connectivity index is 1.49. The second-order valence-electron chi connectivity index (χ2n) is 7.91. The van der Waals surface area contributed by atoms with Crippen molar-refractivity contribution in [3.8, 4) is 5.69 Å². The summed E-state index contributed by atoms with van der Waals surface area (Å²) in [5, 5.41) is 17.0. The van der Waals surface area contributed by atoms with E-state index in [4.69, 9.17) is 4.74 Å². The predicted octanol–water partition coefficient (Wildman–Crippen LogP) is 1.94. The van der Waals surface area contributed by atoms with Crippen LogP contribution in [0.1, 0.15) is 40.5 Å². The molecule has 8 heteroatoms. The number of aliphatic hydroxyl groups is 1. The molecule has 2 fully saturated rings. The Kier molecular flexibility index (Phi) is 4.21. The molecule has 2 aliphatic carbocycles. The summed E-state index contributed by atoms with van der Waals surface area (Å²) >= 11 is 0. The summed E-state index contributed by atoms with van der Waals surface area (Å²) in [5.74, 6) is -0.942. The van der Waals surface area contributed by atoms with E-state index in [-0.39, 0.29) is 35.7 Å². The van der Waals surface area contributed by atoms with Gasteiger partial charge in [-0.2, -0.15) is 5.10 Å². The highest BCUT2D eigenvalue weighted by atomic mass is 19.1. The van der Waals surface area contributed by atoms with Gasteiger partial charge in [-0.3, -0.25) is 4.79 Å². The van der Waals surface area contributed by atoms with Gasteiger partial charge in [0.25, 0.3) is 5.91 Å². The Bertz CT molecular complexity index is 939. The number of nitrogens with zero attached hydrogens (tertiary/aromatic N) is 2. The molecule has 0 bridgehead atoms. The highest BCUT2D eigenvalue weighted by Crippen LogP contribution is 2.57. The van der Waals surface area contributed by atoms with Crippen molar-refractivity contribution >= 4 is 5.91 Å². The van der Waals surface area contributed by atoms with Crippen molar-refractivity contribution in [3.63, 3.8) is 0 Å². The quantitative estimate of drug-likeness (QED) is 0.820. The number of hydrogen-bond acceptors (Lipinski definition) is 4. The van der Waals surface area contributed by atoms with E-state index >= 15 is 0 Å². The minimum absolute atomic E-state index is 0.0621. The van der Waals surface area contributed by atoms with Crippen LogP contribution in [0, 0.1) is 23.5 Å². The third kappa shape index (κ3) is 2.82. The highest BCUT2D eigenvalue weighted by Gasteiger charge is 2.50. The van der Waals surface area contributed by atoms with Crippen molar-refractivity contribution in [3.05, 3.63) is 46.8 Å². The molecule has 2 heterocycles. The summed E-state index contributed by atoms with van der Waals surface area (Å²) in [6, 6.07) is 2.95. The minimum Gasteiger partial charge on any atom is -0.394 e. The largest absolute Gasteiger partial charge is 0.394 e. The molecule has 0 spiro atoms. The number of halogens is 2. The third-order valence-corrected chi connectivity index (χ3v) is 6.16. The third-order valence-electron chi connectivity index (χ3n) is 6.16. The number of nitrogens with one attached hydrogen (secondary N) is 1. The molecule has 1 saturated carbocycles. The maximum atomic E-state index is 14.4. The SMILES string of the molecule is O=C(NC(CO)C1CCOC1)c1nn(-c2ccc(F)cc2F)c2c1C[C@@H]1C[C@H]21. The Morgan fingerprint density at radius 2 is 2.29 bits per heavy atom. The molecule has 1 aliphatic heterocycles.